The van der Waals surface area contributed by atoms with Crippen LogP contribution in [-0.4, -0.2) is 9.80 Å². The van der Waals surface area contributed by atoms with Gasteiger partial charge in [-0.2, -0.15) is 0 Å². The Morgan fingerprint density at radius 1 is 0.500 bits per heavy atom. The van der Waals surface area contributed by atoms with Gasteiger partial charge in [0.05, 0.1) is 0 Å². The molecule has 0 saturated carbocycles. The summed E-state index contributed by atoms with van der Waals surface area (Å²) in [7, 11) is 0. The highest BCUT2D eigenvalue weighted by Gasteiger charge is 1.97. The van der Waals surface area contributed by atoms with Gasteiger partial charge < -0.3 is 9.80 Å². The molecule has 0 unspecified atom stereocenters. The molecule has 0 atom stereocenters. The lowest BCUT2D eigenvalue weighted by atomic mass is 10.2. The van der Waals surface area contributed by atoms with Gasteiger partial charge in [0, 0.05) is 37.2 Å². The van der Waals surface area contributed by atoms with Crippen LogP contribution in [0.25, 0.3) is 12.2 Å². The fourth-order valence-electron chi connectivity index (χ4n) is 2.08. The molecule has 1 heterocycles. The Labute approximate surface area is 131 Å². The van der Waals surface area contributed by atoms with Crippen LogP contribution < -0.4 is 0 Å². The summed E-state index contributed by atoms with van der Waals surface area (Å²) in [6.07, 6.45) is 16.3. The number of benzene rings is 2. The zero-order valence-electron chi connectivity index (χ0n) is 12.3. The summed E-state index contributed by atoms with van der Waals surface area (Å²) in [6.45, 7) is 0. The molecular formula is C20H18N2. The zero-order valence-corrected chi connectivity index (χ0v) is 12.3. The van der Waals surface area contributed by atoms with E-state index >= 15 is 0 Å². The van der Waals surface area contributed by atoms with Crippen molar-refractivity contribution in [1.29, 1.82) is 0 Å². The Balaban J connectivity index is 1.57. The number of hydrogen-bond acceptors (Lipinski definition) is 2. The molecule has 3 rings (SSSR count). The van der Waals surface area contributed by atoms with Gasteiger partial charge in [-0.1, -0.05) is 60.7 Å². The average molecular weight is 286 g/mol. The van der Waals surface area contributed by atoms with Crippen LogP contribution >= 0.6 is 0 Å². The molecule has 22 heavy (non-hydrogen) atoms. The van der Waals surface area contributed by atoms with Gasteiger partial charge in [-0.05, 0) is 23.3 Å². The normalized spacial score (nSPS) is 14.4. The maximum absolute atomic E-state index is 2.09. The van der Waals surface area contributed by atoms with E-state index in [-0.39, 0.29) is 0 Å². The number of hydrogen-bond donors (Lipinski definition) is 0. The maximum atomic E-state index is 2.09. The molecule has 0 amide bonds. The molecule has 0 N–H and O–H groups in total. The Morgan fingerprint density at radius 2 is 0.864 bits per heavy atom. The number of nitrogens with zero attached hydrogens (tertiary/aromatic N) is 2. The zero-order chi connectivity index (χ0) is 15.0. The summed E-state index contributed by atoms with van der Waals surface area (Å²) < 4.78 is 0. The Kier molecular flexibility index (Phi) is 4.53. The highest BCUT2D eigenvalue weighted by molar-refractivity contribution is 5.50. The van der Waals surface area contributed by atoms with Gasteiger partial charge in [0.1, 0.15) is 0 Å². The largest absolute Gasteiger partial charge is 0.328 e. The van der Waals surface area contributed by atoms with Crippen LogP contribution in [0.5, 0.6) is 0 Å². The summed E-state index contributed by atoms with van der Waals surface area (Å²) in [5.41, 5.74) is 2.38. The quantitative estimate of drug-likeness (QED) is 0.789. The molecular weight excluding hydrogens is 268 g/mol. The van der Waals surface area contributed by atoms with E-state index < -0.39 is 0 Å². The van der Waals surface area contributed by atoms with E-state index in [1.165, 1.54) is 11.1 Å². The van der Waals surface area contributed by atoms with Crippen LogP contribution in [0.15, 0.2) is 97.9 Å². The van der Waals surface area contributed by atoms with Gasteiger partial charge in [-0.15, -0.1) is 0 Å². The third-order valence-corrected chi connectivity index (χ3v) is 3.30. The molecule has 0 saturated heterocycles. The van der Waals surface area contributed by atoms with Crippen molar-refractivity contribution >= 4 is 12.2 Å². The Hall–Kier alpha value is -3.00. The third-order valence-electron chi connectivity index (χ3n) is 3.30. The standard InChI is InChI=1S/C20H18N2/c1-3-7-19(8-4-1)11-13-21-15-17-22(18-16-21)14-12-20-9-5-2-6-10-20/h1-18H. The van der Waals surface area contributed by atoms with Crippen LogP contribution in [0.4, 0.5) is 0 Å². The van der Waals surface area contributed by atoms with Crippen LogP contribution in [0.3, 0.4) is 0 Å². The van der Waals surface area contributed by atoms with E-state index in [0.29, 0.717) is 0 Å². The van der Waals surface area contributed by atoms with Crippen molar-refractivity contribution in [1.82, 2.24) is 9.80 Å². The molecule has 2 aromatic carbocycles. The van der Waals surface area contributed by atoms with Crippen LogP contribution in [0.2, 0.25) is 0 Å². The molecule has 0 aliphatic carbocycles. The fourth-order valence-corrected chi connectivity index (χ4v) is 2.08. The third kappa shape index (κ3) is 4.00. The maximum Gasteiger partial charge on any atom is 0.0249 e. The lowest BCUT2D eigenvalue weighted by Crippen LogP contribution is -2.11. The average Bonchev–Trinajstić information content (AvgIpc) is 2.61. The molecule has 0 fully saturated rings. The molecule has 108 valence electrons. The lowest BCUT2D eigenvalue weighted by molar-refractivity contribution is 0.582. The summed E-state index contributed by atoms with van der Waals surface area (Å²) in [6, 6.07) is 20.5. The van der Waals surface area contributed by atoms with E-state index in [1.54, 1.807) is 0 Å². The fraction of sp³-hybridized carbons (Fsp3) is 0. The molecule has 1 aliphatic heterocycles. The van der Waals surface area contributed by atoms with Gasteiger partial charge in [0.2, 0.25) is 0 Å². The molecule has 0 aromatic heterocycles. The molecule has 2 nitrogen and oxygen atoms in total. The van der Waals surface area contributed by atoms with Crippen molar-refractivity contribution in [3.8, 4) is 0 Å². The second kappa shape index (κ2) is 7.14. The van der Waals surface area contributed by atoms with Crippen molar-refractivity contribution in [3.05, 3.63) is 109 Å². The van der Waals surface area contributed by atoms with Crippen LogP contribution in [-0.2, 0) is 0 Å². The molecule has 2 aromatic rings. The smallest absolute Gasteiger partial charge is 0.0249 e. The van der Waals surface area contributed by atoms with Gasteiger partial charge in [-0.3, -0.25) is 0 Å². The van der Waals surface area contributed by atoms with E-state index in [1.807, 2.05) is 83.4 Å². The van der Waals surface area contributed by atoms with Gasteiger partial charge in [0.25, 0.3) is 0 Å². The minimum atomic E-state index is 1.19. The second-order valence-corrected chi connectivity index (χ2v) is 4.94. The van der Waals surface area contributed by atoms with Crippen molar-refractivity contribution in [2.75, 3.05) is 0 Å². The van der Waals surface area contributed by atoms with Gasteiger partial charge in [-0.25, -0.2) is 0 Å². The summed E-state index contributed by atoms with van der Waals surface area (Å²) in [5.74, 6) is 0. The lowest BCUT2D eigenvalue weighted by Gasteiger charge is -2.19. The van der Waals surface area contributed by atoms with E-state index in [2.05, 4.69) is 36.4 Å². The first kappa shape index (κ1) is 14.0. The van der Waals surface area contributed by atoms with Crippen LogP contribution in [0, 0.1) is 0 Å². The second-order valence-electron chi connectivity index (χ2n) is 4.94. The van der Waals surface area contributed by atoms with Crippen molar-refractivity contribution in [3.63, 3.8) is 0 Å². The highest BCUT2D eigenvalue weighted by Crippen LogP contribution is 2.10. The van der Waals surface area contributed by atoms with Crippen molar-refractivity contribution in [2.45, 2.75) is 0 Å². The highest BCUT2D eigenvalue weighted by atomic mass is 15.2. The Bertz CT molecular complexity index is 622. The van der Waals surface area contributed by atoms with Crippen molar-refractivity contribution < 1.29 is 0 Å². The summed E-state index contributed by atoms with van der Waals surface area (Å²) in [4.78, 5) is 4.06. The molecule has 1 aliphatic rings. The van der Waals surface area contributed by atoms with E-state index in [0.717, 1.165) is 0 Å². The summed E-state index contributed by atoms with van der Waals surface area (Å²) in [5, 5.41) is 0. The predicted octanol–water partition coefficient (Wildman–Crippen LogP) is 4.89. The first-order valence-electron chi connectivity index (χ1n) is 7.28. The monoisotopic (exact) mass is 286 g/mol. The van der Waals surface area contributed by atoms with Gasteiger partial charge >= 0.3 is 0 Å². The minimum Gasteiger partial charge on any atom is -0.328 e. The predicted molar refractivity (Wildman–Crippen MR) is 92.9 cm³/mol. The van der Waals surface area contributed by atoms with E-state index in [4.69, 9.17) is 0 Å². The van der Waals surface area contributed by atoms with E-state index in [9.17, 15) is 0 Å². The molecule has 0 spiro atoms. The van der Waals surface area contributed by atoms with Gasteiger partial charge in [0.15, 0.2) is 0 Å². The molecule has 2 heteroatoms. The van der Waals surface area contributed by atoms with Crippen LogP contribution in [0.1, 0.15) is 11.1 Å². The van der Waals surface area contributed by atoms with Crippen molar-refractivity contribution in [2.24, 2.45) is 0 Å². The first-order chi connectivity index (χ1) is 10.9. The first-order valence-corrected chi connectivity index (χ1v) is 7.28. The molecule has 0 bridgehead atoms. The minimum absolute atomic E-state index is 1.19. The SMILES string of the molecule is C(=CN1C=CN(C=Cc2ccccc2)C=C1)c1ccccc1. The summed E-state index contributed by atoms with van der Waals surface area (Å²) >= 11 is 0. The molecule has 0 radical (unpaired) electrons. The number of rotatable bonds is 4. The Morgan fingerprint density at radius 3 is 1.23 bits per heavy atom. The topological polar surface area (TPSA) is 6.48 Å².